The predicted octanol–water partition coefficient (Wildman–Crippen LogP) is 4.70. The number of fused-ring (bicyclic) bond motifs is 9. The molecule has 3 N–H and O–H groups in total. The Morgan fingerprint density at radius 3 is 2.45 bits per heavy atom. The Balaban J connectivity index is 1.22. The molecule has 0 spiro atoms. The Bertz CT molecular complexity index is 1840. The minimum atomic E-state index is -1.24. The normalized spacial score (nSPS) is 27.8. The Morgan fingerprint density at radius 1 is 1.09 bits per heavy atom. The van der Waals surface area contributed by atoms with Gasteiger partial charge >= 0.3 is 10.8 Å². The largest absolute Gasteiger partial charge is 0.497 e. The van der Waals surface area contributed by atoms with Crippen molar-refractivity contribution in [1.82, 2.24) is 9.88 Å². The van der Waals surface area contributed by atoms with Crippen molar-refractivity contribution in [2.24, 2.45) is 35.5 Å². The van der Waals surface area contributed by atoms with Crippen LogP contribution in [-0.4, -0.2) is 63.7 Å². The van der Waals surface area contributed by atoms with E-state index in [4.69, 9.17) is 21.1 Å². The van der Waals surface area contributed by atoms with E-state index in [1.165, 1.54) is 11.8 Å². The highest BCUT2D eigenvalue weighted by Gasteiger charge is 2.70. The predicted molar refractivity (Wildman–Crippen MR) is 175 cm³/mol. The molecule has 2 saturated carbocycles. The van der Waals surface area contributed by atoms with Gasteiger partial charge < -0.3 is 24.9 Å². The monoisotopic (exact) mass is 697 g/mol. The zero-order valence-electron chi connectivity index (χ0n) is 25.6. The van der Waals surface area contributed by atoms with Gasteiger partial charge in [0.1, 0.15) is 17.5 Å². The van der Waals surface area contributed by atoms with Gasteiger partial charge in [-0.05, 0) is 72.6 Å². The van der Waals surface area contributed by atoms with Crippen LogP contribution in [0, 0.1) is 35.5 Å². The molecule has 7 rings (SSSR count). The molecule has 2 bridgehead atoms. The Labute approximate surface area is 283 Å². The molecule has 4 aliphatic rings. The highest BCUT2D eigenvalue weighted by Crippen LogP contribution is 2.69. The van der Waals surface area contributed by atoms with Crippen LogP contribution in [0.1, 0.15) is 36.6 Å². The van der Waals surface area contributed by atoms with E-state index in [2.05, 4.69) is 10.3 Å². The molecule has 3 amide bonds. The first kappa shape index (κ1) is 31.8. The number of ether oxygens (including phenoxy) is 2. The van der Waals surface area contributed by atoms with Crippen LogP contribution in [0.5, 0.6) is 11.5 Å². The van der Waals surface area contributed by atoms with Crippen molar-refractivity contribution < 1.29 is 33.8 Å². The average molecular weight is 698 g/mol. The maximum Gasteiger partial charge on any atom is 0.327 e. The number of hydrogen-bond donors (Lipinski definition) is 3. The SMILES string of the molecule is COc1ccc(NC(=O)COc2ccc(Cl)cc2[C@H]2c3sc(=O)[nH]c3SC3C4CC(C5C(=O)N(C(C(=O)O)C(C)C)C(=O)C45)C32)cc1. The van der Waals surface area contributed by atoms with Crippen LogP contribution >= 0.6 is 34.7 Å². The molecule has 1 aromatic heterocycles. The highest BCUT2D eigenvalue weighted by molar-refractivity contribution is 8.00. The van der Waals surface area contributed by atoms with Gasteiger partial charge in [0, 0.05) is 32.3 Å². The topological polar surface area (TPSA) is 155 Å². The van der Waals surface area contributed by atoms with Crippen molar-refractivity contribution in [2.75, 3.05) is 19.0 Å². The van der Waals surface area contributed by atoms with Gasteiger partial charge in [0.25, 0.3) is 5.91 Å². The quantitative estimate of drug-likeness (QED) is 0.270. The van der Waals surface area contributed by atoms with Gasteiger partial charge in [-0.15, -0.1) is 11.8 Å². The number of aliphatic carboxylic acids is 1. The number of carbonyl (C=O) groups is 4. The van der Waals surface area contributed by atoms with Gasteiger partial charge in [-0.25, -0.2) is 4.79 Å². The summed E-state index contributed by atoms with van der Waals surface area (Å²) in [6.45, 7) is 3.09. The zero-order valence-corrected chi connectivity index (χ0v) is 28.0. The van der Waals surface area contributed by atoms with E-state index in [0.29, 0.717) is 39.2 Å². The molecule has 2 aliphatic heterocycles. The number of methoxy groups -OCH3 is 1. The summed E-state index contributed by atoms with van der Waals surface area (Å²) >= 11 is 9.17. The van der Waals surface area contributed by atoms with Gasteiger partial charge in [0.2, 0.25) is 11.8 Å². The number of carboxylic acid groups (broad SMARTS) is 1. The Hall–Kier alpha value is -3.81. The summed E-state index contributed by atoms with van der Waals surface area (Å²) < 4.78 is 11.3. The number of nitrogens with one attached hydrogen (secondary N) is 2. The second-order valence-corrected chi connectivity index (χ2v) is 15.4. The number of benzene rings is 2. The number of likely N-dealkylation sites (tertiary alicyclic amines) is 1. The number of aromatic amines is 1. The summed E-state index contributed by atoms with van der Waals surface area (Å²) in [5.74, 6) is -4.03. The summed E-state index contributed by atoms with van der Waals surface area (Å²) in [4.78, 5) is 70.2. The van der Waals surface area contributed by atoms with E-state index < -0.39 is 47.5 Å². The van der Waals surface area contributed by atoms with Crippen molar-refractivity contribution in [3.63, 3.8) is 0 Å². The number of hydrogen-bond acceptors (Lipinski definition) is 9. The first-order chi connectivity index (χ1) is 22.5. The summed E-state index contributed by atoms with van der Waals surface area (Å²) in [6, 6.07) is 10.8. The Morgan fingerprint density at radius 2 is 1.79 bits per heavy atom. The number of amides is 3. The van der Waals surface area contributed by atoms with Gasteiger partial charge in [-0.1, -0.05) is 36.8 Å². The first-order valence-electron chi connectivity index (χ1n) is 15.3. The Kier molecular flexibility index (Phi) is 8.12. The molecule has 2 aliphatic carbocycles. The van der Waals surface area contributed by atoms with Crippen molar-refractivity contribution >= 4 is 64.1 Å². The van der Waals surface area contributed by atoms with Crippen molar-refractivity contribution in [3.05, 3.63) is 67.6 Å². The lowest BCUT2D eigenvalue weighted by Gasteiger charge is -2.43. The van der Waals surface area contributed by atoms with Crippen LogP contribution in [0.3, 0.4) is 0 Å². The van der Waals surface area contributed by atoms with Crippen molar-refractivity contribution in [3.8, 4) is 11.5 Å². The van der Waals surface area contributed by atoms with E-state index in [9.17, 15) is 29.1 Å². The van der Waals surface area contributed by atoms with E-state index in [-0.39, 0.29) is 40.4 Å². The number of carbonyl (C=O) groups excluding carboxylic acids is 3. The molecular weight excluding hydrogens is 666 g/mol. The molecule has 0 radical (unpaired) electrons. The molecule has 7 unspecified atom stereocenters. The standard InChI is InChI=1S/C33H32ClN3O8S2/c1-13(2)26(32(41)42)37-30(39)24-18-11-19(25(24)31(37)40)27-23(18)22(28-29(46-27)36-33(43)47-28)17-10-14(34)4-9-20(17)45-12-21(38)35-15-5-7-16(44-3)8-6-15/h4-10,13,18-19,22-27H,11-12H2,1-3H3,(H,35,38)(H,36,43)(H,41,42)/t18?,19?,22-,23?,24?,25?,26?,27?/m1/s1. The van der Waals surface area contributed by atoms with Gasteiger partial charge in [-0.3, -0.25) is 24.1 Å². The number of aromatic nitrogens is 1. The van der Waals surface area contributed by atoms with E-state index >= 15 is 0 Å². The summed E-state index contributed by atoms with van der Waals surface area (Å²) in [6.07, 6.45) is 0.638. The molecule has 14 heteroatoms. The minimum Gasteiger partial charge on any atom is -0.497 e. The van der Waals surface area contributed by atoms with Crippen LogP contribution < -0.4 is 19.7 Å². The maximum atomic E-state index is 14.0. The summed E-state index contributed by atoms with van der Waals surface area (Å²) in [7, 11) is 1.56. The van der Waals surface area contributed by atoms with Crippen LogP contribution in [0.25, 0.3) is 0 Å². The molecule has 3 fully saturated rings. The average Bonchev–Trinajstić information content (AvgIpc) is 3.76. The summed E-state index contributed by atoms with van der Waals surface area (Å²) in [5, 5.41) is 13.8. The second kappa shape index (κ2) is 12.0. The van der Waals surface area contributed by atoms with Crippen LogP contribution in [0.2, 0.25) is 5.02 Å². The van der Waals surface area contributed by atoms with Gasteiger partial charge in [-0.2, -0.15) is 0 Å². The van der Waals surface area contributed by atoms with E-state index in [1.807, 2.05) is 0 Å². The number of halogens is 1. The number of thiazole rings is 1. The fourth-order valence-corrected chi connectivity index (χ4v) is 11.3. The van der Waals surface area contributed by atoms with Gasteiger partial charge in [0.15, 0.2) is 6.61 Å². The maximum absolute atomic E-state index is 14.0. The molecule has 11 nitrogen and oxygen atoms in total. The van der Waals surface area contributed by atoms with Crippen LogP contribution in [0.15, 0.2) is 52.3 Å². The third kappa shape index (κ3) is 5.23. The number of rotatable bonds is 9. The first-order valence-corrected chi connectivity index (χ1v) is 17.4. The summed E-state index contributed by atoms with van der Waals surface area (Å²) in [5.41, 5.74) is 1.26. The molecule has 2 aromatic carbocycles. The number of nitrogens with zero attached hydrogens (tertiary/aromatic N) is 1. The van der Waals surface area contributed by atoms with Crippen molar-refractivity contribution in [1.29, 1.82) is 0 Å². The number of anilines is 1. The fourth-order valence-electron chi connectivity index (χ4n) is 8.26. The molecule has 1 saturated heterocycles. The number of imide groups is 1. The van der Waals surface area contributed by atoms with Crippen LogP contribution in [-0.2, 0) is 19.2 Å². The lowest BCUT2D eigenvalue weighted by molar-refractivity contribution is -0.157. The lowest BCUT2D eigenvalue weighted by atomic mass is 9.68. The zero-order chi connectivity index (χ0) is 33.3. The van der Waals surface area contributed by atoms with E-state index in [1.54, 1.807) is 63.4 Å². The van der Waals surface area contributed by atoms with Gasteiger partial charge in [0.05, 0.1) is 24.0 Å². The lowest BCUT2D eigenvalue weighted by Crippen LogP contribution is -2.49. The molecule has 3 aromatic rings. The number of H-pyrrole nitrogens is 1. The highest BCUT2D eigenvalue weighted by atomic mass is 35.5. The molecular formula is C33H32ClN3O8S2. The van der Waals surface area contributed by atoms with Crippen molar-refractivity contribution in [2.45, 2.75) is 42.5 Å². The van der Waals surface area contributed by atoms with Crippen LogP contribution in [0.4, 0.5) is 5.69 Å². The minimum absolute atomic E-state index is 0.117. The third-order valence-corrected chi connectivity index (χ3v) is 12.8. The second-order valence-electron chi connectivity index (χ2n) is 12.8. The number of thioether (sulfide) groups is 1. The van der Waals surface area contributed by atoms with E-state index in [0.717, 1.165) is 21.1 Å². The molecule has 8 atom stereocenters. The fraction of sp³-hybridized carbons (Fsp3) is 0.424. The molecule has 47 heavy (non-hydrogen) atoms. The molecule has 246 valence electrons. The molecule has 3 heterocycles. The third-order valence-electron chi connectivity index (χ3n) is 9.96. The number of carboxylic acids is 1. The smallest absolute Gasteiger partial charge is 0.327 e.